The molecule has 1 aliphatic rings. The van der Waals surface area contributed by atoms with Gasteiger partial charge in [-0.15, -0.1) is 0 Å². The number of hydrogen-bond donors (Lipinski definition) is 2. The molecule has 0 aliphatic carbocycles. The van der Waals surface area contributed by atoms with E-state index < -0.39 is 16.1 Å². The lowest BCUT2D eigenvalue weighted by atomic mass is 9.45. The fraction of sp³-hybridized carbons (Fsp3) is 0.500. The average molecular weight is 179 g/mol. The van der Waals surface area contributed by atoms with Gasteiger partial charge in [-0.2, -0.15) is 5.16 Å². The molecule has 0 bridgehead atoms. The maximum absolute atomic E-state index is 11.3. The third-order valence-corrected chi connectivity index (χ3v) is 2.21. The molecule has 1 aromatic rings. The lowest BCUT2D eigenvalue weighted by Crippen LogP contribution is -2.57. The second-order valence-electron chi connectivity index (χ2n) is 3.50. The Morgan fingerprint density at radius 3 is 2.50 bits per heavy atom. The summed E-state index contributed by atoms with van der Waals surface area (Å²) in [5.74, 6) is 0.0405. The third kappa shape index (κ3) is 1.20. The number of aromatic amines is 1. The zero-order chi connectivity index (χ0) is 10.6. The van der Waals surface area contributed by atoms with Crippen LogP contribution in [-0.2, 0) is 10.6 Å². The minimum atomic E-state index is -1.42. The summed E-state index contributed by atoms with van der Waals surface area (Å²) < 4.78 is 4.83. The Morgan fingerprint density at radius 2 is 1.93 bits per heavy atom. The molecule has 0 saturated heterocycles. The van der Waals surface area contributed by atoms with Gasteiger partial charge in [-0.25, -0.2) is 0 Å². The van der Waals surface area contributed by atoms with Gasteiger partial charge in [0.1, 0.15) is 5.76 Å². The molecule has 4 nitrogen and oxygen atoms in total. The predicted molar refractivity (Wildman–Crippen MR) is 53.7 cm³/mol. The van der Waals surface area contributed by atoms with Gasteiger partial charge in [0.25, 0.3) is 5.56 Å². The van der Waals surface area contributed by atoms with E-state index in [0.717, 1.165) is 0 Å². The SMILES string of the molecule is [B]C1([B])CNC([B])([B])c2o[nH]c(=O)c21. The zero-order valence-corrected chi connectivity index (χ0v) is 7.33. The van der Waals surface area contributed by atoms with E-state index in [4.69, 9.17) is 35.9 Å². The first-order valence-corrected chi connectivity index (χ1v) is 3.97. The van der Waals surface area contributed by atoms with Crippen molar-refractivity contribution in [1.29, 1.82) is 0 Å². The van der Waals surface area contributed by atoms with Gasteiger partial charge in [-0.3, -0.25) is 4.79 Å². The van der Waals surface area contributed by atoms with Crippen LogP contribution in [0.5, 0.6) is 0 Å². The Morgan fingerprint density at radius 1 is 1.29 bits per heavy atom. The van der Waals surface area contributed by atoms with E-state index in [1.807, 2.05) is 0 Å². The van der Waals surface area contributed by atoms with Crippen LogP contribution in [0, 0.1) is 0 Å². The van der Waals surface area contributed by atoms with E-state index in [9.17, 15) is 4.79 Å². The molecular formula is C6H4B4N2O2. The van der Waals surface area contributed by atoms with E-state index in [1.54, 1.807) is 0 Å². The highest BCUT2D eigenvalue weighted by Crippen LogP contribution is 2.28. The molecule has 0 fully saturated rings. The summed E-state index contributed by atoms with van der Waals surface area (Å²) >= 11 is 0. The summed E-state index contributed by atoms with van der Waals surface area (Å²) in [4.78, 5) is 11.3. The molecule has 1 aliphatic heterocycles. The van der Waals surface area contributed by atoms with Gasteiger partial charge in [0.05, 0.1) is 36.9 Å². The van der Waals surface area contributed by atoms with Gasteiger partial charge in [0, 0.05) is 5.34 Å². The highest BCUT2D eigenvalue weighted by atomic mass is 16.5. The minimum absolute atomic E-state index is 0.0405. The zero-order valence-electron chi connectivity index (χ0n) is 7.33. The third-order valence-electron chi connectivity index (χ3n) is 2.21. The van der Waals surface area contributed by atoms with E-state index in [0.29, 0.717) is 0 Å². The number of aromatic nitrogens is 1. The second-order valence-corrected chi connectivity index (χ2v) is 3.50. The van der Waals surface area contributed by atoms with E-state index in [1.165, 1.54) is 0 Å². The lowest BCUT2D eigenvalue weighted by molar-refractivity contribution is 0.338. The van der Waals surface area contributed by atoms with Crippen LogP contribution in [0.25, 0.3) is 0 Å². The van der Waals surface area contributed by atoms with Crippen LogP contribution < -0.4 is 10.9 Å². The minimum Gasteiger partial charge on any atom is -0.383 e. The first-order valence-electron chi connectivity index (χ1n) is 3.97. The predicted octanol–water partition coefficient (Wildman–Crippen LogP) is -2.49. The van der Waals surface area contributed by atoms with E-state index in [-0.39, 0.29) is 17.9 Å². The Hall–Kier alpha value is -0.770. The molecule has 0 spiro atoms. The van der Waals surface area contributed by atoms with Crippen LogP contribution >= 0.6 is 0 Å². The largest absolute Gasteiger partial charge is 0.383 e. The van der Waals surface area contributed by atoms with Crippen LogP contribution in [-0.4, -0.2) is 43.1 Å². The van der Waals surface area contributed by atoms with Crippen molar-refractivity contribution in [3.05, 3.63) is 21.7 Å². The second kappa shape index (κ2) is 2.63. The number of nitrogens with one attached hydrogen (secondary N) is 2. The monoisotopic (exact) mass is 180 g/mol. The van der Waals surface area contributed by atoms with Crippen molar-refractivity contribution in [3.63, 3.8) is 0 Å². The molecule has 62 valence electrons. The normalized spacial score (nSPS) is 22.9. The lowest BCUT2D eigenvalue weighted by Gasteiger charge is -2.39. The summed E-state index contributed by atoms with van der Waals surface area (Å²) in [6.07, 6.45) is 0. The van der Waals surface area contributed by atoms with Crippen LogP contribution in [0.3, 0.4) is 0 Å². The van der Waals surface area contributed by atoms with Gasteiger partial charge >= 0.3 is 0 Å². The Bertz CT molecular complexity index is 422. The van der Waals surface area contributed by atoms with Crippen LogP contribution in [0.15, 0.2) is 9.32 Å². The standard InChI is InChI=1S/C6H4B4N2O2/c7-5(8)1-11-6(9,10)3-2(5)4(13)12-14-3/h11H,1H2,(H,12,13). The van der Waals surface area contributed by atoms with Crippen molar-refractivity contribution in [2.75, 3.05) is 6.54 Å². The molecular weight excluding hydrogens is 175 g/mol. The maximum Gasteiger partial charge on any atom is 0.282 e. The molecule has 2 N–H and O–H groups in total. The van der Waals surface area contributed by atoms with Crippen molar-refractivity contribution >= 4 is 31.4 Å². The van der Waals surface area contributed by atoms with Gasteiger partial charge in [-0.05, 0) is 6.54 Å². The number of H-pyrrole nitrogens is 1. The van der Waals surface area contributed by atoms with Crippen LogP contribution in [0.1, 0.15) is 11.3 Å². The number of rotatable bonds is 0. The molecule has 2 rings (SSSR count). The van der Waals surface area contributed by atoms with Crippen LogP contribution in [0.4, 0.5) is 0 Å². The number of fused-ring (bicyclic) bond motifs is 1. The van der Waals surface area contributed by atoms with Crippen molar-refractivity contribution in [2.45, 2.75) is 10.6 Å². The first-order chi connectivity index (χ1) is 6.34. The Labute approximate surface area is 85.8 Å². The van der Waals surface area contributed by atoms with E-state index >= 15 is 0 Å². The van der Waals surface area contributed by atoms with Gasteiger partial charge in [0.2, 0.25) is 0 Å². The number of hydrogen-bond acceptors (Lipinski definition) is 3. The average Bonchev–Trinajstić information content (AvgIpc) is 2.44. The molecule has 0 saturated carbocycles. The van der Waals surface area contributed by atoms with Gasteiger partial charge in [0.15, 0.2) is 0 Å². The van der Waals surface area contributed by atoms with Crippen molar-refractivity contribution in [3.8, 4) is 0 Å². The molecule has 1 aromatic heterocycles. The van der Waals surface area contributed by atoms with Crippen molar-refractivity contribution < 1.29 is 4.52 Å². The summed E-state index contributed by atoms with van der Waals surface area (Å²) in [5.41, 5.74) is -0.423. The van der Waals surface area contributed by atoms with Crippen LogP contribution in [0.2, 0.25) is 0 Å². The van der Waals surface area contributed by atoms with Gasteiger partial charge in [-0.1, -0.05) is 5.21 Å². The van der Waals surface area contributed by atoms with Crippen molar-refractivity contribution in [2.24, 2.45) is 0 Å². The molecule has 8 radical (unpaired) electrons. The molecule has 14 heavy (non-hydrogen) atoms. The molecule has 2 heterocycles. The smallest absolute Gasteiger partial charge is 0.282 e. The maximum atomic E-state index is 11.3. The summed E-state index contributed by atoms with van der Waals surface area (Å²) in [7, 11) is 22.6. The molecule has 0 aromatic carbocycles. The first kappa shape index (κ1) is 9.77. The van der Waals surface area contributed by atoms with Crippen molar-refractivity contribution in [1.82, 2.24) is 10.5 Å². The highest BCUT2D eigenvalue weighted by molar-refractivity contribution is 6.43. The quantitative estimate of drug-likeness (QED) is 0.433. The Balaban J connectivity index is 2.70. The summed E-state index contributed by atoms with van der Waals surface area (Å²) in [5, 5.41) is 2.03. The highest BCUT2D eigenvalue weighted by Gasteiger charge is 2.40. The summed E-state index contributed by atoms with van der Waals surface area (Å²) in [6.45, 7) is 0.0929. The summed E-state index contributed by atoms with van der Waals surface area (Å²) in [6, 6.07) is 0. The molecule has 0 unspecified atom stereocenters. The van der Waals surface area contributed by atoms with E-state index in [2.05, 4.69) is 10.5 Å². The molecule has 0 atom stereocenters. The fourth-order valence-corrected chi connectivity index (χ4v) is 1.48. The molecule has 8 heteroatoms. The fourth-order valence-electron chi connectivity index (χ4n) is 1.48. The van der Waals surface area contributed by atoms with Gasteiger partial charge < -0.3 is 9.84 Å². The Kier molecular flexibility index (Phi) is 1.83. The topological polar surface area (TPSA) is 58.0 Å². The molecule has 0 amide bonds.